The maximum atomic E-state index is 13.3. The van der Waals surface area contributed by atoms with Crippen molar-refractivity contribution in [3.8, 4) is 6.07 Å². The van der Waals surface area contributed by atoms with Crippen molar-refractivity contribution in [1.82, 2.24) is 4.31 Å². The summed E-state index contributed by atoms with van der Waals surface area (Å²) in [6, 6.07) is 10.9. The van der Waals surface area contributed by atoms with Crippen molar-refractivity contribution in [2.45, 2.75) is 43.7 Å². The molecule has 0 aliphatic carbocycles. The van der Waals surface area contributed by atoms with Gasteiger partial charge in [0, 0.05) is 5.54 Å². The Morgan fingerprint density at radius 1 is 1.07 bits per heavy atom. The molecular weight excluding hydrogens is 409 g/mol. The minimum absolute atomic E-state index is 0.170. The van der Waals surface area contributed by atoms with Gasteiger partial charge in [0.05, 0.1) is 28.6 Å². The summed E-state index contributed by atoms with van der Waals surface area (Å²) in [5, 5.41) is 8.92. The van der Waals surface area contributed by atoms with E-state index in [1.165, 1.54) is 24.3 Å². The first kappa shape index (κ1) is 21.6. The Labute approximate surface area is 174 Å². The van der Waals surface area contributed by atoms with Gasteiger partial charge in [0.15, 0.2) is 0 Å². The number of hydrogen-bond acceptors (Lipinski definition) is 5. The SMILES string of the molecule is CC(C)(C)N(C1CC(=O)N(c2ccc(C#N)cc2)C1=O)S(=O)(=O)c1ccc(F)cc1. The Balaban J connectivity index is 2.03. The molecule has 7 nitrogen and oxygen atoms in total. The van der Waals surface area contributed by atoms with Crippen LogP contribution in [0.15, 0.2) is 53.4 Å². The lowest BCUT2D eigenvalue weighted by Crippen LogP contribution is -2.54. The number of carbonyl (C=O) groups is 2. The molecule has 1 heterocycles. The molecule has 0 saturated carbocycles. The number of halogens is 1. The predicted octanol–water partition coefficient (Wildman–Crippen LogP) is 2.82. The van der Waals surface area contributed by atoms with Crippen LogP contribution in [0.2, 0.25) is 0 Å². The zero-order valence-corrected chi connectivity index (χ0v) is 17.5. The van der Waals surface area contributed by atoms with Crippen LogP contribution in [0, 0.1) is 17.1 Å². The lowest BCUT2D eigenvalue weighted by molar-refractivity contribution is -0.122. The molecule has 1 saturated heterocycles. The number of hydrogen-bond donors (Lipinski definition) is 0. The zero-order valence-electron chi connectivity index (χ0n) is 16.7. The highest BCUT2D eigenvalue weighted by Gasteiger charge is 2.50. The zero-order chi connectivity index (χ0) is 22.3. The third-order valence-electron chi connectivity index (χ3n) is 4.69. The van der Waals surface area contributed by atoms with Crippen LogP contribution in [0.4, 0.5) is 10.1 Å². The lowest BCUT2D eigenvalue weighted by atomic mass is 10.1. The van der Waals surface area contributed by atoms with Crippen molar-refractivity contribution < 1.29 is 22.4 Å². The molecule has 0 aromatic heterocycles. The van der Waals surface area contributed by atoms with E-state index < -0.39 is 39.2 Å². The van der Waals surface area contributed by atoms with E-state index in [2.05, 4.69) is 0 Å². The van der Waals surface area contributed by atoms with E-state index >= 15 is 0 Å². The predicted molar refractivity (Wildman–Crippen MR) is 107 cm³/mol. The van der Waals surface area contributed by atoms with Gasteiger partial charge < -0.3 is 0 Å². The van der Waals surface area contributed by atoms with Crippen LogP contribution in [-0.4, -0.2) is 36.1 Å². The molecule has 156 valence electrons. The molecule has 1 fully saturated rings. The fourth-order valence-corrected chi connectivity index (χ4v) is 5.40. The lowest BCUT2D eigenvalue weighted by Gasteiger charge is -2.37. The fraction of sp³-hybridized carbons (Fsp3) is 0.286. The Bertz CT molecular complexity index is 1130. The Kier molecular flexibility index (Phi) is 5.50. The molecule has 30 heavy (non-hydrogen) atoms. The first-order chi connectivity index (χ1) is 14.0. The van der Waals surface area contributed by atoms with Gasteiger partial charge in [-0.25, -0.2) is 17.7 Å². The number of carbonyl (C=O) groups excluding carboxylic acids is 2. The fourth-order valence-electron chi connectivity index (χ4n) is 3.47. The second-order valence-electron chi connectivity index (χ2n) is 7.87. The molecule has 1 aliphatic rings. The smallest absolute Gasteiger partial charge is 0.252 e. The van der Waals surface area contributed by atoms with Crippen molar-refractivity contribution >= 4 is 27.5 Å². The van der Waals surface area contributed by atoms with E-state index in [1.54, 1.807) is 20.8 Å². The molecule has 1 unspecified atom stereocenters. The minimum Gasteiger partial charge on any atom is -0.274 e. The number of rotatable bonds is 4. The largest absolute Gasteiger partial charge is 0.274 e. The standard InChI is InChI=1S/C21H20FN3O4S/c1-21(2,3)25(30(28,29)17-10-6-15(22)7-11-17)18-12-19(26)24(20(18)27)16-8-4-14(13-23)5-9-16/h4-11,18H,12H2,1-3H3. The second kappa shape index (κ2) is 7.63. The van der Waals surface area contributed by atoms with Crippen LogP contribution >= 0.6 is 0 Å². The van der Waals surface area contributed by atoms with Gasteiger partial charge in [0.2, 0.25) is 15.9 Å². The Morgan fingerprint density at radius 2 is 1.63 bits per heavy atom. The molecule has 1 atom stereocenters. The summed E-state index contributed by atoms with van der Waals surface area (Å²) in [4.78, 5) is 26.6. The quantitative estimate of drug-likeness (QED) is 0.696. The van der Waals surface area contributed by atoms with E-state index in [9.17, 15) is 22.4 Å². The Hall–Kier alpha value is -3.09. The molecule has 2 amide bonds. The molecule has 0 radical (unpaired) electrons. The maximum Gasteiger partial charge on any atom is 0.252 e. The summed E-state index contributed by atoms with van der Waals surface area (Å²) in [5.74, 6) is -1.81. The Morgan fingerprint density at radius 3 is 2.13 bits per heavy atom. The van der Waals surface area contributed by atoms with Gasteiger partial charge in [-0.15, -0.1) is 0 Å². The number of nitriles is 1. The molecule has 0 N–H and O–H groups in total. The van der Waals surface area contributed by atoms with Gasteiger partial charge in [-0.05, 0) is 69.3 Å². The van der Waals surface area contributed by atoms with Crippen molar-refractivity contribution in [2.75, 3.05) is 4.90 Å². The van der Waals surface area contributed by atoms with Crippen LogP contribution in [0.1, 0.15) is 32.8 Å². The third-order valence-corrected chi connectivity index (χ3v) is 6.88. The summed E-state index contributed by atoms with van der Waals surface area (Å²) in [5.41, 5.74) is -0.404. The van der Waals surface area contributed by atoms with Crippen molar-refractivity contribution in [2.24, 2.45) is 0 Å². The van der Waals surface area contributed by atoms with Crippen LogP contribution in [0.5, 0.6) is 0 Å². The van der Waals surface area contributed by atoms with Gasteiger partial charge in [-0.3, -0.25) is 9.59 Å². The van der Waals surface area contributed by atoms with Gasteiger partial charge in [0.1, 0.15) is 11.9 Å². The minimum atomic E-state index is -4.21. The highest BCUT2D eigenvalue weighted by atomic mass is 32.2. The topological polar surface area (TPSA) is 98.5 Å². The van der Waals surface area contributed by atoms with Crippen molar-refractivity contribution in [1.29, 1.82) is 5.26 Å². The average Bonchev–Trinajstić information content (AvgIpc) is 2.94. The molecular formula is C21H20FN3O4S. The molecule has 3 rings (SSSR count). The third kappa shape index (κ3) is 3.84. The highest BCUT2D eigenvalue weighted by molar-refractivity contribution is 7.89. The van der Waals surface area contributed by atoms with Gasteiger partial charge in [-0.1, -0.05) is 0 Å². The van der Waals surface area contributed by atoms with E-state index in [-0.39, 0.29) is 17.0 Å². The maximum absolute atomic E-state index is 13.3. The number of sulfonamides is 1. The van der Waals surface area contributed by atoms with E-state index in [1.807, 2.05) is 6.07 Å². The molecule has 9 heteroatoms. The first-order valence-corrected chi connectivity index (χ1v) is 10.6. The van der Waals surface area contributed by atoms with E-state index in [4.69, 9.17) is 5.26 Å². The van der Waals surface area contributed by atoms with Crippen molar-refractivity contribution in [3.63, 3.8) is 0 Å². The van der Waals surface area contributed by atoms with Gasteiger partial charge in [0.25, 0.3) is 5.91 Å². The van der Waals surface area contributed by atoms with Crippen LogP contribution < -0.4 is 4.90 Å². The molecule has 1 aliphatic heterocycles. The van der Waals surface area contributed by atoms with E-state index in [0.717, 1.165) is 33.5 Å². The van der Waals surface area contributed by atoms with Crippen LogP contribution in [-0.2, 0) is 19.6 Å². The summed E-state index contributed by atoms with van der Waals surface area (Å²) in [6.45, 7) is 4.86. The summed E-state index contributed by atoms with van der Waals surface area (Å²) in [7, 11) is -4.21. The first-order valence-electron chi connectivity index (χ1n) is 9.14. The highest BCUT2D eigenvalue weighted by Crippen LogP contribution is 2.34. The number of anilines is 1. The molecule has 0 spiro atoms. The normalized spacial score (nSPS) is 17.5. The number of benzene rings is 2. The second-order valence-corrected chi connectivity index (χ2v) is 9.69. The van der Waals surface area contributed by atoms with Gasteiger partial charge >= 0.3 is 0 Å². The number of amides is 2. The number of nitrogens with zero attached hydrogens (tertiary/aromatic N) is 3. The van der Waals surface area contributed by atoms with Crippen molar-refractivity contribution in [3.05, 3.63) is 59.9 Å². The molecule has 2 aromatic carbocycles. The van der Waals surface area contributed by atoms with Crippen LogP contribution in [0.3, 0.4) is 0 Å². The summed E-state index contributed by atoms with van der Waals surface area (Å²) < 4.78 is 41.0. The van der Waals surface area contributed by atoms with Gasteiger partial charge in [-0.2, -0.15) is 9.57 Å². The number of imide groups is 1. The summed E-state index contributed by atoms with van der Waals surface area (Å²) >= 11 is 0. The average molecular weight is 429 g/mol. The van der Waals surface area contributed by atoms with Crippen LogP contribution in [0.25, 0.3) is 0 Å². The molecule has 0 bridgehead atoms. The van der Waals surface area contributed by atoms with E-state index in [0.29, 0.717) is 5.56 Å². The summed E-state index contributed by atoms with van der Waals surface area (Å²) in [6.07, 6.45) is -0.323. The monoisotopic (exact) mass is 429 g/mol. The molecule has 2 aromatic rings.